The normalized spacial score (nSPS) is 10.5. The lowest BCUT2D eigenvalue weighted by molar-refractivity contribution is -0.118. The lowest BCUT2D eigenvalue weighted by Crippen LogP contribution is -2.18. The van der Waals surface area contributed by atoms with E-state index in [1.165, 1.54) is 0 Å². The molecule has 2 rings (SSSR count). The van der Waals surface area contributed by atoms with Gasteiger partial charge in [-0.3, -0.25) is 9.59 Å². The smallest absolute Gasteiger partial charge is 0.338 e. The van der Waals surface area contributed by atoms with Crippen LogP contribution in [0.3, 0.4) is 0 Å². The number of carbonyl (C=O) groups excluding carboxylic acids is 3. The second-order valence-electron chi connectivity index (χ2n) is 6.54. The number of hydrogen-bond donors (Lipinski definition) is 1. The summed E-state index contributed by atoms with van der Waals surface area (Å²) >= 11 is 0. The highest BCUT2D eigenvalue weighted by atomic mass is 16.5. The Bertz CT molecular complexity index is 822. The number of rotatable bonds is 6. The van der Waals surface area contributed by atoms with Crippen molar-refractivity contribution in [3.8, 4) is 0 Å². The second-order valence-corrected chi connectivity index (χ2v) is 6.54. The Hall–Kier alpha value is -2.95. The zero-order chi connectivity index (χ0) is 19.3. The summed E-state index contributed by atoms with van der Waals surface area (Å²) in [4.78, 5) is 36.0. The molecule has 2 aromatic carbocycles. The van der Waals surface area contributed by atoms with Crippen molar-refractivity contribution in [1.82, 2.24) is 0 Å². The van der Waals surface area contributed by atoms with Gasteiger partial charge in [-0.05, 0) is 49.7 Å². The fraction of sp³-hybridized carbons (Fsp3) is 0.286. The van der Waals surface area contributed by atoms with Crippen molar-refractivity contribution in [2.75, 3.05) is 11.9 Å². The molecule has 1 amide bonds. The highest BCUT2D eigenvalue weighted by Gasteiger charge is 2.14. The van der Waals surface area contributed by atoms with E-state index in [0.717, 1.165) is 11.1 Å². The third kappa shape index (κ3) is 5.02. The summed E-state index contributed by atoms with van der Waals surface area (Å²) in [5.74, 6) is -1.03. The predicted octanol–water partition coefficient (Wildman–Crippen LogP) is 3.94. The molecule has 0 atom stereocenters. The van der Waals surface area contributed by atoms with Gasteiger partial charge >= 0.3 is 5.97 Å². The SMILES string of the molecule is Cc1ccc(C)c(C(=O)OCC(=O)c2ccc(NC(=O)C(C)C)cc2)c1. The van der Waals surface area contributed by atoms with Crippen molar-refractivity contribution >= 4 is 23.3 Å². The van der Waals surface area contributed by atoms with Crippen LogP contribution in [0.2, 0.25) is 0 Å². The summed E-state index contributed by atoms with van der Waals surface area (Å²) in [6.45, 7) is 6.99. The van der Waals surface area contributed by atoms with Crippen molar-refractivity contribution < 1.29 is 19.1 Å². The average Bonchev–Trinajstić information content (AvgIpc) is 2.61. The molecule has 0 aliphatic rings. The lowest BCUT2D eigenvalue weighted by Gasteiger charge is -2.09. The number of amides is 1. The van der Waals surface area contributed by atoms with Crippen molar-refractivity contribution in [2.24, 2.45) is 5.92 Å². The zero-order valence-electron chi connectivity index (χ0n) is 15.5. The fourth-order valence-electron chi connectivity index (χ4n) is 2.27. The number of Topliss-reactive ketones (excluding diaryl/α,β-unsaturated/α-hetero) is 1. The van der Waals surface area contributed by atoms with Crippen molar-refractivity contribution in [2.45, 2.75) is 27.7 Å². The topological polar surface area (TPSA) is 72.5 Å². The highest BCUT2D eigenvalue weighted by Crippen LogP contribution is 2.14. The molecule has 26 heavy (non-hydrogen) atoms. The van der Waals surface area contributed by atoms with Gasteiger partial charge < -0.3 is 10.1 Å². The Morgan fingerprint density at radius 3 is 2.27 bits per heavy atom. The predicted molar refractivity (Wildman–Crippen MR) is 100 cm³/mol. The number of aryl methyl sites for hydroxylation is 2. The Balaban J connectivity index is 1.96. The average molecular weight is 353 g/mol. The van der Waals surface area contributed by atoms with E-state index in [2.05, 4.69) is 5.32 Å². The number of esters is 1. The van der Waals surface area contributed by atoms with Crippen LogP contribution < -0.4 is 5.32 Å². The van der Waals surface area contributed by atoms with Gasteiger partial charge in [0.1, 0.15) is 0 Å². The molecule has 1 N–H and O–H groups in total. The van der Waals surface area contributed by atoms with E-state index >= 15 is 0 Å². The largest absolute Gasteiger partial charge is 0.454 e. The van der Waals surface area contributed by atoms with E-state index in [0.29, 0.717) is 16.8 Å². The standard InChI is InChI=1S/C21H23NO4/c1-13(2)20(24)22-17-9-7-16(8-10-17)19(23)12-26-21(25)18-11-14(3)5-6-15(18)4/h5-11,13H,12H2,1-4H3,(H,22,24). The third-order valence-electron chi connectivity index (χ3n) is 3.95. The van der Waals surface area contributed by atoms with Crippen LogP contribution in [0.4, 0.5) is 5.69 Å². The molecule has 2 aromatic rings. The molecular formula is C21H23NO4. The maximum absolute atomic E-state index is 12.2. The Morgan fingerprint density at radius 2 is 1.65 bits per heavy atom. The van der Waals surface area contributed by atoms with E-state index in [1.54, 1.807) is 44.2 Å². The molecule has 0 fully saturated rings. The number of carbonyl (C=O) groups is 3. The summed E-state index contributed by atoms with van der Waals surface area (Å²) in [5.41, 5.74) is 3.25. The van der Waals surface area contributed by atoms with Crippen LogP contribution in [0.25, 0.3) is 0 Å². The van der Waals surface area contributed by atoms with Crippen LogP contribution in [0.1, 0.15) is 45.7 Å². The van der Waals surface area contributed by atoms with Gasteiger partial charge in [0.15, 0.2) is 12.4 Å². The zero-order valence-corrected chi connectivity index (χ0v) is 15.5. The van der Waals surface area contributed by atoms with Crippen molar-refractivity contribution in [1.29, 1.82) is 0 Å². The minimum Gasteiger partial charge on any atom is -0.454 e. The first-order valence-electron chi connectivity index (χ1n) is 8.46. The molecule has 0 aliphatic heterocycles. The third-order valence-corrected chi connectivity index (χ3v) is 3.95. The molecule has 0 aliphatic carbocycles. The Kier molecular flexibility index (Phi) is 6.28. The van der Waals surface area contributed by atoms with Crippen molar-refractivity contribution in [3.05, 3.63) is 64.7 Å². The van der Waals surface area contributed by atoms with E-state index < -0.39 is 5.97 Å². The Morgan fingerprint density at radius 1 is 1.00 bits per heavy atom. The lowest BCUT2D eigenvalue weighted by atomic mass is 10.1. The van der Waals surface area contributed by atoms with Crippen LogP contribution in [0, 0.1) is 19.8 Å². The Labute approximate surface area is 153 Å². The van der Waals surface area contributed by atoms with Gasteiger partial charge in [0.25, 0.3) is 0 Å². The summed E-state index contributed by atoms with van der Waals surface area (Å²) in [6, 6.07) is 12.0. The molecule has 0 bridgehead atoms. The second kappa shape index (κ2) is 8.43. The van der Waals surface area contributed by atoms with Gasteiger partial charge in [0, 0.05) is 17.2 Å². The molecule has 0 saturated carbocycles. The van der Waals surface area contributed by atoms with Gasteiger partial charge in [-0.25, -0.2) is 4.79 Å². The van der Waals surface area contributed by atoms with E-state index in [9.17, 15) is 14.4 Å². The molecular weight excluding hydrogens is 330 g/mol. The van der Waals surface area contributed by atoms with Gasteiger partial charge in [-0.2, -0.15) is 0 Å². The van der Waals surface area contributed by atoms with E-state index in [1.807, 2.05) is 26.0 Å². The molecule has 0 radical (unpaired) electrons. The van der Waals surface area contributed by atoms with Gasteiger partial charge in [0.2, 0.25) is 5.91 Å². The highest BCUT2D eigenvalue weighted by molar-refractivity contribution is 6.00. The summed E-state index contributed by atoms with van der Waals surface area (Å²) in [6.07, 6.45) is 0. The maximum atomic E-state index is 12.2. The number of nitrogens with one attached hydrogen (secondary N) is 1. The molecule has 5 nitrogen and oxygen atoms in total. The van der Waals surface area contributed by atoms with Crippen LogP contribution in [-0.4, -0.2) is 24.3 Å². The van der Waals surface area contributed by atoms with Crippen LogP contribution in [0.5, 0.6) is 0 Å². The maximum Gasteiger partial charge on any atom is 0.338 e. The van der Waals surface area contributed by atoms with E-state index in [-0.39, 0.29) is 24.2 Å². The number of hydrogen-bond acceptors (Lipinski definition) is 4. The minimum atomic E-state index is -0.514. The first kappa shape index (κ1) is 19.4. The van der Waals surface area contributed by atoms with E-state index in [4.69, 9.17) is 4.74 Å². The fourth-order valence-corrected chi connectivity index (χ4v) is 2.27. The first-order valence-corrected chi connectivity index (χ1v) is 8.46. The summed E-state index contributed by atoms with van der Waals surface area (Å²) < 4.78 is 5.15. The quantitative estimate of drug-likeness (QED) is 0.631. The molecule has 5 heteroatoms. The van der Waals surface area contributed by atoms with Crippen molar-refractivity contribution in [3.63, 3.8) is 0 Å². The minimum absolute atomic E-state index is 0.0912. The molecule has 0 unspecified atom stereocenters. The molecule has 0 heterocycles. The number of ether oxygens (including phenoxy) is 1. The monoisotopic (exact) mass is 353 g/mol. The van der Waals surface area contributed by atoms with Crippen LogP contribution in [-0.2, 0) is 9.53 Å². The first-order chi connectivity index (χ1) is 12.3. The molecule has 0 saturated heterocycles. The van der Waals surface area contributed by atoms with Gasteiger partial charge in [-0.15, -0.1) is 0 Å². The number of anilines is 1. The molecule has 136 valence electrons. The van der Waals surface area contributed by atoms with Gasteiger partial charge in [-0.1, -0.05) is 31.5 Å². The summed E-state index contributed by atoms with van der Waals surface area (Å²) in [7, 11) is 0. The van der Waals surface area contributed by atoms with Crippen LogP contribution in [0.15, 0.2) is 42.5 Å². The van der Waals surface area contributed by atoms with Crippen LogP contribution >= 0.6 is 0 Å². The number of benzene rings is 2. The van der Waals surface area contributed by atoms with Gasteiger partial charge in [0.05, 0.1) is 5.56 Å². The summed E-state index contributed by atoms with van der Waals surface area (Å²) in [5, 5.41) is 2.76. The number of ketones is 1. The molecule has 0 aromatic heterocycles. The molecule has 0 spiro atoms.